The van der Waals surface area contributed by atoms with Crippen molar-refractivity contribution in [3.63, 3.8) is 0 Å². The number of rotatable bonds is 2. The lowest BCUT2D eigenvalue weighted by Gasteiger charge is -2.43. The van der Waals surface area contributed by atoms with Gasteiger partial charge in [0.05, 0.1) is 18.4 Å². The highest BCUT2D eigenvalue weighted by Gasteiger charge is 2.32. The molecule has 2 aliphatic rings. The predicted molar refractivity (Wildman–Crippen MR) is 80.8 cm³/mol. The van der Waals surface area contributed by atoms with Crippen LogP contribution in [0.25, 0.3) is 5.69 Å². The Morgan fingerprint density at radius 3 is 3.18 bits per heavy atom. The van der Waals surface area contributed by atoms with Crippen molar-refractivity contribution in [1.82, 2.24) is 30.4 Å². The van der Waals surface area contributed by atoms with Gasteiger partial charge in [-0.3, -0.25) is 4.90 Å². The summed E-state index contributed by atoms with van der Waals surface area (Å²) in [6.07, 6.45) is 1.74. The van der Waals surface area contributed by atoms with Crippen molar-refractivity contribution in [2.24, 2.45) is 0 Å². The number of fused-ring (bicyclic) bond motifs is 1. The molecule has 3 heterocycles. The first-order valence-corrected chi connectivity index (χ1v) is 7.72. The maximum atomic E-state index is 6.14. The summed E-state index contributed by atoms with van der Waals surface area (Å²) in [5, 5.41) is 14.9. The Kier molecular flexibility index (Phi) is 3.61. The first-order valence-electron chi connectivity index (χ1n) is 7.72. The third kappa shape index (κ3) is 2.41. The lowest BCUT2D eigenvalue weighted by molar-refractivity contribution is -0.0719. The Bertz CT molecular complexity index is 643. The average Bonchev–Trinajstić information content (AvgIpc) is 3.09. The molecule has 1 N–H and O–H groups in total. The second kappa shape index (κ2) is 5.75. The zero-order valence-corrected chi connectivity index (χ0v) is 12.6. The van der Waals surface area contributed by atoms with Crippen molar-refractivity contribution in [1.29, 1.82) is 0 Å². The van der Waals surface area contributed by atoms with E-state index in [1.165, 1.54) is 11.1 Å². The van der Waals surface area contributed by atoms with Crippen LogP contribution in [0.3, 0.4) is 0 Å². The van der Waals surface area contributed by atoms with Gasteiger partial charge >= 0.3 is 0 Å². The molecule has 4 rings (SSSR count). The van der Waals surface area contributed by atoms with Gasteiger partial charge < -0.3 is 10.1 Å². The van der Waals surface area contributed by atoms with Gasteiger partial charge in [-0.1, -0.05) is 12.1 Å². The number of aromatic nitrogens is 4. The summed E-state index contributed by atoms with van der Waals surface area (Å²) >= 11 is 0. The van der Waals surface area contributed by atoms with Crippen LogP contribution in [0.1, 0.15) is 17.2 Å². The molecule has 116 valence electrons. The van der Waals surface area contributed by atoms with E-state index < -0.39 is 0 Å². The van der Waals surface area contributed by atoms with Gasteiger partial charge in [0, 0.05) is 32.2 Å². The maximum Gasteiger partial charge on any atom is 0.143 e. The molecule has 1 aromatic heterocycles. The zero-order chi connectivity index (χ0) is 14.9. The van der Waals surface area contributed by atoms with E-state index in [4.69, 9.17) is 4.74 Å². The van der Waals surface area contributed by atoms with E-state index in [2.05, 4.69) is 38.7 Å². The minimum absolute atomic E-state index is 0.116. The van der Waals surface area contributed by atoms with Crippen LogP contribution in [0.5, 0.6) is 0 Å². The number of morpholine rings is 1. The van der Waals surface area contributed by atoms with Gasteiger partial charge in [0.15, 0.2) is 0 Å². The molecular formula is C15H20N6O. The molecular weight excluding hydrogens is 280 g/mol. The van der Waals surface area contributed by atoms with Crippen LogP contribution >= 0.6 is 0 Å². The third-order valence-corrected chi connectivity index (χ3v) is 4.65. The fourth-order valence-corrected chi connectivity index (χ4v) is 3.40. The van der Waals surface area contributed by atoms with Gasteiger partial charge in [-0.2, -0.15) is 0 Å². The van der Waals surface area contributed by atoms with Gasteiger partial charge in [-0.25, -0.2) is 4.68 Å². The summed E-state index contributed by atoms with van der Waals surface area (Å²) in [6.45, 7) is 7.03. The lowest BCUT2D eigenvalue weighted by Crippen LogP contribution is -2.57. The molecule has 0 bridgehead atoms. The average molecular weight is 300 g/mol. The summed E-state index contributed by atoms with van der Waals surface area (Å²) in [7, 11) is 0. The van der Waals surface area contributed by atoms with E-state index in [-0.39, 0.29) is 6.10 Å². The topological polar surface area (TPSA) is 68.1 Å². The van der Waals surface area contributed by atoms with Crippen molar-refractivity contribution in [2.75, 3.05) is 32.8 Å². The van der Waals surface area contributed by atoms with Crippen LogP contribution in [-0.4, -0.2) is 63.9 Å². The predicted octanol–water partition coefficient (Wildman–Crippen LogP) is 0.316. The van der Waals surface area contributed by atoms with E-state index in [0.717, 1.165) is 38.5 Å². The van der Waals surface area contributed by atoms with Gasteiger partial charge in [0.25, 0.3) is 0 Å². The minimum atomic E-state index is 0.116. The van der Waals surface area contributed by atoms with Crippen LogP contribution in [0, 0.1) is 6.92 Å². The molecule has 0 aliphatic carbocycles. The van der Waals surface area contributed by atoms with Gasteiger partial charge in [0.2, 0.25) is 0 Å². The van der Waals surface area contributed by atoms with E-state index in [1.807, 2.05) is 12.1 Å². The number of nitrogens with one attached hydrogen (secondary N) is 1. The molecule has 0 amide bonds. The fraction of sp³-hybridized carbons (Fsp3) is 0.533. The third-order valence-electron chi connectivity index (χ3n) is 4.65. The lowest BCUT2D eigenvalue weighted by atomic mass is 9.99. The second-order valence-corrected chi connectivity index (χ2v) is 5.92. The Morgan fingerprint density at radius 1 is 1.36 bits per heavy atom. The quantitative estimate of drug-likeness (QED) is 0.861. The molecule has 0 radical (unpaired) electrons. The highest BCUT2D eigenvalue weighted by molar-refractivity contribution is 5.45. The molecule has 7 heteroatoms. The molecule has 0 spiro atoms. The molecule has 22 heavy (non-hydrogen) atoms. The van der Waals surface area contributed by atoms with Gasteiger partial charge in [-0.05, 0) is 34.5 Å². The maximum absolute atomic E-state index is 6.14. The van der Waals surface area contributed by atoms with Crippen LogP contribution in [0.4, 0.5) is 0 Å². The normalized spacial score (nSPS) is 25.9. The summed E-state index contributed by atoms with van der Waals surface area (Å²) in [5.74, 6) is 0. The second-order valence-electron chi connectivity index (χ2n) is 5.92. The smallest absolute Gasteiger partial charge is 0.143 e. The fourth-order valence-electron chi connectivity index (χ4n) is 3.40. The van der Waals surface area contributed by atoms with Crippen molar-refractivity contribution < 1.29 is 4.74 Å². The van der Waals surface area contributed by atoms with Crippen molar-refractivity contribution in [2.45, 2.75) is 19.1 Å². The van der Waals surface area contributed by atoms with Crippen molar-refractivity contribution >= 4 is 0 Å². The molecule has 2 aromatic rings. The monoisotopic (exact) mass is 300 g/mol. The first-order chi connectivity index (χ1) is 10.8. The molecule has 2 aliphatic heterocycles. The number of tetrazole rings is 1. The highest BCUT2D eigenvalue weighted by atomic mass is 16.5. The molecule has 2 fully saturated rings. The Labute approximate surface area is 129 Å². The number of benzene rings is 1. The SMILES string of the molecule is Cc1c([C@@H]2CN3CCNC[C@H]3CO2)cccc1-n1cnnn1. The largest absolute Gasteiger partial charge is 0.370 e. The van der Waals surface area contributed by atoms with E-state index in [1.54, 1.807) is 11.0 Å². The molecule has 7 nitrogen and oxygen atoms in total. The number of hydrogen-bond acceptors (Lipinski definition) is 6. The molecule has 0 saturated carbocycles. The van der Waals surface area contributed by atoms with E-state index >= 15 is 0 Å². The minimum Gasteiger partial charge on any atom is -0.370 e. The molecule has 2 atom stereocenters. The highest BCUT2D eigenvalue weighted by Crippen LogP contribution is 2.30. The number of hydrogen-bond donors (Lipinski definition) is 1. The van der Waals surface area contributed by atoms with Crippen LogP contribution in [0.15, 0.2) is 24.5 Å². The van der Waals surface area contributed by atoms with E-state index in [0.29, 0.717) is 6.04 Å². The summed E-state index contributed by atoms with van der Waals surface area (Å²) in [4.78, 5) is 2.54. The Morgan fingerprint density at radius 2 is 2.32 bits per heavy atom. The summed E-state index contributed by atoms with van der Waals surface area (Å²) in [5.41, 5.74) is 3.41. The molecule has 2 saturated heterocycles. The number of ether oxygens (including phenoxy) is 1. The Hall–Kier alpha value is -1.83. The summed E-state index contributed by atoms with van der Waals surface area (Å²) < 4.78 is 7.85. The standard InChI is InChI=1S/C15H20N6O/c1-11-13(3-2-4-14(11)21-10-17-18-19-21)15-8-20-6-5-16-7-12(20)9-22-15/h2-4,10,12,15-16H,5-9H2,1H3/t12-,15-/m0/s1. The number of nitrogens with zero attached hydrogens (tertiary/aromatic N) is 5. The zero-order valence-electron chi connectivity index (χ0n) is 12.6. The van der Waals surface area contributed by atoms with Gasteiger partial charge in [-0.15, -0.1) is 5.10 Å². The van der Waals surface area contributed by atoms with Crippen LogP contribution in [-0.2, 0) is 4.74 Å². The summed E-state index contributed by atoms with van der Waals surface area (Å²) in [6, 6.07) is 6.74. The number of piperazine rings is 1. The van der Waals surface area contributed by atoms with Crippen molar-refractivity contribution in [3.8, 4) is 5.69 Å². The van der Waals surface area contributed by atoms with Crippen LogP contribution < -0.4 is 5.32 Å². The molecule has 1 aromatic carbocycles. The van der Waals surface area contributed by atoms with Crippen LogP contribution in [0.2, 0.25) is 0 Å². The molecule has 0 unspecified atom stereocenters. The van der Waals surface area contributed by atoms with Gasteiger partial charge in [0.1, 0.15) is 6.33 Å². The first kappa shape index (κ1) is 13.8. The van der Waals surface area contributed by atoms with E-state index in [9.17, 15) is 0 Å². The van der Waals surface area contributed by atoms with Crippen molar-refractivity contribution in [3.05, 3.63) is 35.7 Å². The Balaban J connectivity index is 1.61.